The summed E-state index contributed by atoms with van der Waals surface area (Å²) in [6.45, 7) is 3.39. The highest BCUT2D eigenvalue weighted by atomic mass is 16.6. The number of nitrogens with one attached hydrogen (secondary N) is 1. The molecule has 1 aromatic heterocycles. The maximum Gasteiger partial charge on any atom is 0.412 e. The van der Waals surface area contributed by atoms with Gasteiger partial charge in [-0.2, -0.15) is 0 Å². The monoisotopic (exact) mass is 432 g/mol. The van der Waals surface area contributed by atoms with E-state index in [-0.39, 0.29) is 18.3 Å². The van der Waals surface area contributed by atoms with Crippen LogP contribution in [0.4, 0.5) is 10.5 Å². The van der Waals surface area contributed by atoms with Crippen LogP contribution in [0.1, 0.15) is 64.0 Å². The fourth-order valence-corrected chi connectivity index (χ4v) is 3.35. The number of hydrogen-bond donors (Lipinski definition) is 3. The van der Waals surface area contributed by atoms with Crippen molar-refractivity contribution in [3.8, 4) is 17.1 Å². The second-order valence-corrected chi connectivity index (χ2v) is 7.82. The Labute approximate surface area is 182 Å². The Balaban J connectivity index is 0.000000318. The third-order valence-corrected chi connectivity index (χ3v) is 5.30. The second-order valence-electron chi connectivity index (χ2n) is 7.82. The van der Waals surface area contributed by atoms with Crippen LogP contribution in [-0.4, -0.2) is 34.0 Å². The van der Waals surface area contributed by atoms with Crippen LogP contribution in [0.15, 0.2) is 28.8 Å². The summed E-state index contributed by atoms with van der Waals surface area (Å²) < 4.78 is 10.6. The van der Waals surface area contributed by atoms with Crippen LogP contribution in [0.3, 0.4) is 0 Å². The molecule has 0 saturated heterocycles. The fraction of sp³-hybridized carbons (Fsp3) is 0.522. The number of rotatable bonds is 4. The Kier molecular flexibility index (Phi) is 9.87. The van der Waals surface area contributed by atoms with Gasteiger partial charge in [-0.3, -0.25) is 10.1 Å². The van der Waals surface area contributed by atoms with Crippen molar-refractivity contribution in [2.45, 2.75) is 71.3 Å². The molecule has 2 aliphatic rings. The lowest BCUT2D eigenvalue weighted by molar-refractivity contribution is -0.122. The zero-order valence-corrected chi connectivity index (χ0v) is 18.2. The van der Waals surface area contributed by atoms with Gasteiger partial charge >= 0.3 is 6.09 Å². The van der Waals surface area contributed by atoms with E-state index in [1.54, 1.807) is 31.2 Å². The third-order valence-electron chi connectivity index (χ3n) is 5.30. The van der Waals surface area contributed by atoms with E-state index in [1.807, 2.05) is 6.92 Å². The number of nitrogens with zero attached hydrogens (tertiary/aromatic N) is 1. The molecule has 0 radical (unpaired) electrons. The minimum atomic E-state index is -0.509. The molecule has 2 aromatic rings. The number of carbonyl (C=O) groups is 2. The number of phenols is 1. The number of carbonyl (C=O) groups excluding carboxylic acids is 1. The van der Waals surface area contributed by atoms with Gasteiger partial charge in [0.1, 0.15) is 23.2 Å². The lowest BCUT2D eigenvalue weighted by atomic mass is 10.0. The van der Waals surface area contributed by atoms with Gasteiger partial charge in [-0.25, -0.2) is 4.79 Å². The van der Waals surface area contributed by atoms with E-state index in [1.165, 1.54) is 38.5 Å². The van der Waals surface area contributed by atoms with Gasteiger partial charge < -0.3 is 19.5 Å². The van der Waals surface area contributed by atoms with E-state index in [0.717, 1.165) is 12.8 Å². The molecule has 1 aromatic carbocycles. The number of aryl methyl sites for hydroxylation is 1. The number of hydrogen-bond acceptors (Lipinski definition) is 6. The summed E-state index contributed by atoms with van der Waals surface area (Å²) in [5.41, 5.74) is 1.77. The van der Waals surface area contributed by atoms with Crippen molar-refractivity contribution < 1.29 is 29.1 Å². The van der Waals surface area contributed by atoms with Gasteiger partial charge in [-0.05, 0) is 56.9 Å². The molecule has 2 aliphatic carbocycles. The quantitative estimate of drug-likeness (QED) is 0.526. The first-order chi connectivity index (χ1) is 15.0. The van der Waals surface area contributed by atoms with Crippen LogP contribution >= 0.6 is 0 Å². The molecule has 3 N–H and O–H groups in total. The topological polar surface area (TPSA) is 122 Å². The molecule has 2 fully saturated rings. The predicted molar refractivity (Wildman–Crippen MR) is 117 cm³/mol. The minimum Gasteiger partial charge on any atom is -0.508 e. The Morgan fingerprint density at radius 3 is 2.16 bits per heavy atom. The van der Waals surface area contributed by atoms with Gasteiger partial charge in [0, 0.05) is 5.56 Å². The smallest absolute Gasteiger partial charge is 0.412 e. The number of aromatic nitrogens is 1. The van der Waals surface area contributed by atoms with Crippen molar-refractivity contribution in [2.75, 3.05) is 5.32 Å². The summed E-state index contributed by atoms with van der Waals surface area (Å²) in [5, 5.41) is 22.8. The third kappa shape index (κ3) is 8.32. The zero-order valence-electron chi connectivity index (χ0n) is 18.2. The van der Waals surface area contributed by atoms with Crippen LogP contribution in [0, 0.1) is 12.8 Å². The lowest BCUT2D eigenvalue weighted by Crippen LogP contribution is -2.21. The molecule has 1 atom stereocenters. The second kappa shape index (κ2) is 12.6. The van der Waals surface area contributed by atoms with Gasteiger partial charge in [0.15, 0.2) is 5.76 Å². The molecule has 0 aliphatic heterocycles. The largest absolute Gasteiger partial charge is 0.508 e. The fourth-order valence-electron chi connectivity index (χ4n) is 3.35. The summed E-state index contributed by atoms with van der Waals surface area (Å²) >= 11 is 0. The van der Waals surface area contributed by atoms with Gasteiger partial charge in [0.25, 0.3) is 6.47 Å². The van der Waals surface area contributed by atoms with Gasteiger partial charge in [0.2, 0.25) is 0 Å². The normalized spacial score (nSPS) is 15.9. The van der Waals surface area contributed by atoms with E-state index in [9.17, 15) is 9.90 Å². The van der Waals surface area contributed by atoms with E-state index >= 15 is 0 Å². The van der Waals surface area contributed by atoms with E-state index in [4.69, 9.17) is 19.2 Å². The first-order valence-electron chi connectivity index (χ1n) is 10.8. The number of aromatic hydroxyl groups is 1. The molecule has 170 valence electrons. The maximum absolute atomic E-state index is 12.0. The van der Waals surface area contributed by atoms with Crippen molar-refractivity contribution in [3.05, 3.63) is 30.0 Å². The first-order valence-corrected chi connectivity index (χ1v) is 10.8. The van der Waals surface area contributed by atoms with Crippen LogP contribution in [0.25, 0.3) is 11.3 Å². The number of phenolic OH excluding ortho intramolecular Hbond substituents is 1. The molecule has 1 amide bonds. The van der Waals surface area contributed by atoms with Crippen LogP contribution < -0.4 is 5.32 Å². The average molecular weight is 433 g/mol. The van der Waals surface area contributed by atoms with Crippen LogP contribution in [0.5, 0.6) is 5.75 Å². The number of ether oxygens (including phenoxy) is 1. The molecule has 2 saturated carbocycles. The molecular formula is C23H32N2O6. The van der Waals surface area contributed by atoms with E-state index in [2.05, 4.69) is 10.5 Å². The minimum absolute atomic E-state index is 0.0858. The molecular weight excluding hydrogens is 400 g/mol. The Morgan fingerprint density at radius 2 is 1.68 bits per heavy atom. The summed E-state index contributed by atoms with van der Waals surface area (Å²) in [6, 6.07) is 6.48. The van der Waals surface area contributed by atoms with Gasteiger partial charge in [-0.15, -0.1) is 0 Å². The predicted octanol–water partition coefficient (Wildman–Crippen LogP) is 5.74. The lowest BCUT2D eigenvalue weighted by Gasteiger charge is -2.13. The standard InChI is InChI=1S/C16H18N2O4.C6H12.CH2O2/c1-9-14(17-16(20)21-10(2)11-3-4-11)15(22-18-9)12-5-7-13(19)8-6-12;1-2-4-6-5-3-1;2-1-3/h5-8,10-11,19H,3-4H2,1-2H3,(H,17,20);1-6H2;1H,(H,2,3). The van der Waals surface area contributed by atoms with Crippen molar-refractivity contribution in [2.24, 2.45) is 5.92 Å². The molecule has 1 heterocycles. The summed E-state index contributed by atoms with van der Waals surface area (Å²) in [4.78, 5) is 20.4. The van der Waals surface area contributed by atoms with Crippen LogP contribution in [-0.2, 0) is 9.53 Å². The number of carboxylic acid groups (broad SMARTS) is 1. The average Bonchev–Trinajstić information content (AvgIpc) is 3.56. The van der Waals surface area contributed by atoms with Crippen molar-refractivity contribution in [1.29, 1.82) is 0 Å². The Morgan fingerprint density at radius 1 is 1.16 bits per heavy atom. The van der Waals surface area contributed by atoms with Gasteiger partial charge in [0.05, 0.1) is 0 Å². The number of benzene rings is 1. The van der Waals surface area contributed by atoms with E-state index < -0.39 is 6.09 Å². The molecule has 8 nitrogen and oxygen atoms in total. The number of anilines is 1. The maximum atomic E-state index is 12.0. The zero-order chi connectivity index (χ0) is 22.6. The van der Waals surface area contributed by atoms with Crippen molar-refractivity contribution >= 4 is 18.3 Å². The first kappa shape index (κ1) is 24.2. The highest BCUT2D eigenvalue weighted by molar-refractivity contribution is 5.90. The Bertz CT molecular complexity index is 798. The summed E-state index contributed by atoms with van der Waals surface area (Å²) in [7, 11) is 0. The molecule has 1 unspecified atom stereocenters. The Hall–Kier alpha value is -3.03. The summed E-state index contributed by atoms with van der Waals surface area (Å²) in [5.74, 6) is 1.08. The molecule has 8 heteroatoms. The molecule has 31 heavy (non-hydrogen) atoms. The highest BCUT2D eigenvalue weighted by Gasteiger charge is 2.31. The van der Waals surface area contributed by atoms with Gasteiger partial charge in [-0.1, -0.05) is 43.7 Å². The molecule has 0 bridgehead atoms. The van der Waals surface area contributed by atoms with Crippen molar-refractivity contribution in [3.63, 3.8) is 0 Å². The number of amides is 1. The van der Waals surface area contributed by atoms with Crippen LogP contribution in [0.2, 0.25) is 0 Å². The van der Waals surface area contributed by atoms with Crippen molar-refractivity contribution in [1.82, 2.24) is 5.16 Å². The SMILES string of the molecule is C1CCCCC1.Cc1noc(-c2ccc(O)cc2)c1NC(=O)OC(C)C1CC1.O=CO. The summed E-state index contributed by atoms with van der Waals surface area (Å²) in [6.07, 6.45) is 10.6. The molecule has 4 rings (SSSR count). The molecule has 0 spiro atoms. The van der Waals surface area contributed by atoms with E-state index in [0.29, 0.717) is 28.6 Å². The highest BCUT2D eigenvalue weighted by Crippen LogP contribution is 2.35.